The first kappa shape index (κ1) is 16.1. The van der Waals surface area contributed by atoms with Crippen molar-refractivity contribution in [3.05, 3.63) is 36.9 Å². The Bertz CT molecular complexity index is 447. The van der Waals surface area contributed by atoms with Gasteiger partial charge in [0, 0.05) is 17.8 Å². The molecule has 4 heteroatoms. The van der Waals surface area contributed by atoms with Gasteiger partial charge in [-0.3, -0.25) is 4.79 Å². The lowest BCUT2D eigenvalue weighted by Crippen LogP contribution is -2.46. The Labute approximate surface area is 121 Å². The number of anilines is 1. The highest BCUT2D eigenvalue weighted by Crippen LogP contribution is 2.16. The zero-order valence-electron chi connectivity index (χ0n) is 12.6. The first-order chi connectivity index (χ1) is 9.34. The van der Waals surface area contributed by atoms with Crippen molar-refractivity contribution in [2.75, 3.05) is 18.9 Å². The van der Waals surface area contributed by atoms with Gasteiger partial charge in [0.05, 0.1) is 13.0 Å². The van der Waals surface area contributed by atoms with Gasteiger partial charge in [-0.2, -0.15) is 0 Å². The Kier molecular flexibility index (Phi) is 5.62. The zero-order chi connectivity index (χ0) is 15.2. The van der Waals surface area contributed by atoms with Crippen LogP contribution in [0.3, 0.4) is 0 Å². The van der Waals surface area contributed by atoms with Crippen LogP contribution in [0, 0.1) is 0 Å². The maximum Gasteiger partial charge on any atom is 0.226 e. The van der Waals surface area contributed by atoms with Crippen molar-refractivity contribution in [2.45, 2.75) is 32.7 Å². The summed E-state index contributed by atoms with van der Waals surface area (Å²) in [4.78, 5) is 14.0. The van der Waals surface area contributed by atoms with E-state index in [2.05, 4.69) is 6.58 Å². The first-order valence-corrected chi connectivity index (χ1v) is 6.74. The molecule has 0 unspecified atom stereocenters. The van der Waals surface area contributed by atoms with Gasteiger partial charge in [0.15, 0.2) is 0 Å². The number of rotatable bonds is 6. The summed E-state index contributed by atoms with van der Waals surface area (Å²) in [6, 6.07) is 7.14. The van der Waals surface area contributed by atoms with E-state index in [1.54, 1.807) is 35.2 Å². The normalized spacial score (nSPS) is 10.9. The largest absolute Gasteiger partial charge is 0.493 e. The van der Waals surface area contributed by atoms with E-state index in [9.17, 15) is 4.79 Å². The van der Waals surface area contributed by atoms with Crippen molar-refractivity contribution in [2.24, 2.45) is 0 Å². The van der Waals surface area contributed by atoms with Crippen LogP contribution >= 0.6 is 0 Å². The molecule has 0 fully saturated rings. The molecule has 0 aliphatic carbocycles. The molecule has 110 valence electrons. The molecule has 2 N–H and O–H groups in total. The summed E-state index contributed by atoms with van der Waals surface area (Å²) in [7, 11) is 0. The van der Waals surface area contributed by atoms with Gasteiger partial charge in [0.25, 0.3) is 0 Å². The van der Waals surface area contributed by atoms with Crippen molar-refractivity contribution < 1.29 is 9.53 Å². The third kappa shape index (κ3) is 4.96. The first-order valence-electron chi connectivity index (χ1n) is 6.74. The van der Waals surface area contributed by atoms with Crippen molar-refractivity contribution in [1.82, 2.24) is 4.90 Å². The van der Waals surface area contributed by atoms with Crippen LogP contribution in [-0.4, -0.2) is 29.5 Å². The molecule has 0 aromatic heterocycles. The monoisotopic (exact) mass is 276 g/mol. The van der Waals surface area contributed by atoms with Gasteiger partial charge < -0.3 is 15.4 Å². The average molecular weight is 276 g/mol. The predicted molar refractivity (Wildman–Crippen MR) is 82.6 cm³/mol. The van der Waals surface area contributed by atoms with E-state index in [1.165, 1.54) is 0 Å². The number of carbonyl (C=O) groups excluding carboxylic acids is 1. The Morgan fingerprint density at radius 3 is 2.45 bits per heavy atom. The standard InChI is InChI=1S/C16H24N2O2/c1-5-11-18(16(2,3)4)15(19)10-12-20-14-8-6-13(17)7-9-14/h5-9H,1,10-12,17H2,2-4H3. The molecule has 0 aliphatic heterocycles. The van der Waals surface area contributed by atoms with Gasteiger partial charge in [-0.25, -0.2) is 0 Å². The van der Waals surface area contributed by atoms with Crippen LogP contribution in [0.1, 0.15) is 27.2 Å². The smallest absolute Gasteiger partial charge is 0.226 e. The van der Waals surface area contributed by atoms with E-state index >= 15 is 0 Å². The molecule has 0 heterocycles. The molecule has 1 amide bonds. The molecule has 0 spiro atoms. The maximum absolute atomic E-state index is 12.2. The van der Waals surface area contributed by atoms with Crippen molar-refractivity contribution in [3.63, 3.8) is 0 Å². The summed E-state index contributed by atoms with van der Waals surface area (Å²) in [6.45, 7) is 10.6. The molecule has 1 aromatic rings. The fourth-order valence-electron chi connectivity index (χ4n) is 1.83. The summed E-state index contributed by atoms with van der Waals surface area (Å²) >= 11 is 0. The van der Waals surface area contributed by atoms with Crippen LogP contribution in [0.25, 0.3) is 0 Å². The fraction of sp³-hybridized carbons (Fsp3) is 0.438. The third-order valence-electron chi connectivity index (χ3n) is 2.89. The average Bonchev–Trinajstić information content (AvgIpc) is 2.36. The molecule has 1 rings (SSSR count). The van der Waals surface area contributed by atoms with Gasteiger partial charge in [-0.15, -0.1) is 6.58 Å². The number of hydrogen-bond donors (Lipinski definition) is 1. The molecule has 0 radical (unpaired) electrons. The molecular formula is C16H24N2O2. The van der Waals surface area contributed by atoms with E-state index in [0.717, 1.165) is 5.75 Å². The lowest BCUT2D eigenvalue weighted by atomic mass is 10.1. The molecule has 20 heavy (non-hydrogen) atoms. The number of benzene rings is 1. The molecule has 1 aromatic carbocycles. The highest BCUT2D eigenvalue weighted by Gasteiger charge is 2.24. The highest BCUT2D eigenvalue weighted by molar-refractivity contribution is 5.77. The summed E-state index contributed by atoms with van der Waals surface area (Å²) in [5.41, 5.74) is 6.08. The molecule has 0 saturated carbocycles. The van der Waals surface area contributed by atoms with E-state index in [4.69, 9.17) is 10.5 Å². The minimum absolute atomic E-state index is 0.0628. The quantitative estimate of drug-likeness (QED) is 0.642. The van der Waals surface area contributed by atoms with Crippen LogP contribution in [0.2, 0.25) is 0 Å². The number of carbonyl (C=O) groups is 1. The minimum atomic E-state index is -0.216. The second kappa shape index (κ2) is 6.98. The molecule has 0 saturated heterocycles. The molecular weight excluding hydrogens is 252 g/mol. The van der Waals surface area contributed by atoms with Crippen molar-refractivity contribution >= 4 is 11.6 Å². The maximum atomic E-state index is 12.2. The number of nitrogen functional groups attached to an aromatic ring is 1. The number of amides is 1. The van der Waals surface area contributed by atoms with Crippen LogP contribution in [-0.2, 0) is 4.79 Å². The van der Waals surface area contributed by atoms with Gasteiger partial charge in [-0.05, 0) is 45.0 Å². The molecule has 0 bridgehead atoms. The summed E-state index contributed by atoms with van der Waals surface area (Å²) in [5, 5.41) is 0. The Hall–Kier alpha value is -1.97. The van der Waals surface area contributed by atoms with Gasteiger partial charge >= 0.3 is 0 Å². The number of ether oxygens (including phenoxy) is 1. The predicted octanol–water partition coefficient (Wildman–Crippen LogP) is 2.85. The summed E-state index contributed by atoms with van der Waals surface area (Å²) < 4.78 is 5.54. The van der Waals surface area contributed by atoms with Crippen LogP contribution in [0.5, 0.6) is 5.75 Å². The Balaban J connectivity index is 2.49. The highest BCUT2D eigenvalue weighted by atomic mass is 16.5. The molecule has 0 atom stereocenters. The van der Waals surface area contributed by atoms with Gasteiger partial charge in [-0.1, -0.05) is 6.08 Å². The number of nitrogens with two attached hydrogens (primary N) is 1. The molecule has 4 nitrogen and oxygen atoms in total. The fourth-order valence-corrected chi connectivity index (χ4v) is 1.83. The SMILES string of the molecule is C=CCN(C(=O)CCOc1ccc(N)cc1)C(C)(C)C. The van der Waals surface area contributed by atoms with Gasteiger partial charge in [0.1, 0.15) is 5.75 Å². The summed E-state index contributed by atoms with van der Waals surface area (Å²) in [5.74, 6) is 0.783. The second-order valence-electron chi connectivity index (χ2n) is 5.63. The third-order valence-corrected chi connectivity index (χ3v) is 2.89. The summed E-state index contributed by atoms with van der Waals surface area (Å²) in [6.07, 6.45) is 2.08. The van der Waals surface area contributed by atoms with Crippen molar-refractivity contribution in [1.29, 1.82) is 0 Å². The van der Waals surface area contributed by atoms with Gasteiger partial charge in [0.2, 0.25) is 5.91 Å². The number of hydrogen-bond acceptors (Lipinski definition) is 3. The lowest BCUT2D eigenvalue weighted by molar-refractivity contribution is -0.135. The minimum Gasteiger partial charge on any atom is -0.493 e. The second-order valence-corrected chi connectivity index (χ2v) is 5.63. The van der Waals surface area contributed by atoms with E-state index in [0.29, 0.717) is 25.3 Å². The van der Waals surface area contributed by atoms with E-state index in [1.807, 2.05) is 20.8 Å². The van der Waals surface area contributed by atoms with Crippen LogP contribution < -0.4 is 10.5 Å². The molecule has 0 aliphatic rings. The Morgan fingerprint density at radius 1 is 1.35 bits per heavy atom. The Morgan fingerprint density at radius 2 is 1.95 bits per heavy atom. The number of nitrogens with zero attached hydrogens (tertiary/aromatic N) is 1. The van der Waals surface area contributed by atoms with Crippen LogP contribution in [0.15, 0.2) is 36.9 Å². The zero-order valence-corrected chi connectivity index (χ0v) is 12.6. The van der Waals surface area contributed by atoms with E-state index < -0.39 is 0 Å². The van der Waals surface area contributed by atoms with Crippen molar-refractivity contribution in [3.8, 4) is 5.75 Å². The lowest BCUT2D eigenvalue weighted by Gasteiger charge is -2.35. The van der Waals surface area contributed by atoms with Crippen LogP contribution in [0.4, 0.5) is 5.69 Å². The van der Waals surface area contributed by atoms with E-state index in [-0.39, 0.29) is 11.4 Å². The topological polar surface area (TPSA) is 55.6 Å².